The van der Waals surface area contributed by atoms with Gasteiger partial charge in [-0.1, -0.05) is 146 Å². The fourth-order valence-electron chi connectivity index (χ4n) is 15.3. The molecule has 12 aromatic carbocycles. The summed E-state index contributed by atoms with van der Waals surface area (Å²) in [5, 5.41) is 34.7. The molecule has 0 radical (unpaired) electrons. The highest BCUT2D eigenvalue weighted by Crippen LogP contribution is 2.46. The van der Waals surface area contributed by atoms with Crippen LogP contribution in [0.25, 0.3) is 88.1 Å². The first-order valence-electron chi connectivity index (χ1n) is 41.1. The summed E-state index contributed by atoms with van der Waals surface area (Å²) in [4.78, 5) is 71.1. The van der Waals surface area contributed by atoms with E-state index in [1.807, 2.05) is 142 Å². The lowest BCUT2D eigenvalue weighted by molar-refractivity contribution is 0.0778. The van der Waals surface area contributed by atoms with E-state index in [2.05, 4.69) is 94.6 Å². The van der Waals surface area contributed by atoms with Crippen LogP contribution in [0.1, 0.15) is 124 Å². The van der Waals surface area contributed by atoms with Crippen LogP contribution >= 0.6 is 0 Å². The SMILES string of the molecule is CN(Cc1cccc2cn[nH]c12)C(=O)c1ccc(-c2cc(F)cc(F)c2)c(OC2CC2)c1.CN(Cc1cccc2cn[nH]c12)C(=O)c1ccc(-c2ccccc2)c(C2CC2)c1.CN(Cc1cccc2cn[nH]c12)C(=O)c1ccc(-c2ccccc2)c(OC2CC2)c1.CNC(=O)c1cc(-c2c(F)cc(C(=O)N(C)Cc3cccc4cn[nH]c34)cc2OC)ccc1F. The molecule has 4 heterocycles. The lowest BCUT2D eigenvalue weighted by Gasteiger charge is -2.19. The van der Waals surface area contributed by atoms with Gasteiger partial charge in [0.2, 0.25) is 0 Å². The number of para-hydroxylation sites is 4. The Morgan fingerprint density at radius 3 is 1.16 bits per heavy atom. The molecule has 0 aliphatic heterocycles. The molecule has 0 bridgehead atoms. The topological polar surface area (TPSA) is 253 Å². The Hall–Kier alpha value is -15.0. The summed E-state index contributed by atoms with van der Waals surface area (Å²) in [7, 11) is 9.75. The van der Waals surface area contributed by atoms with Gasteiger partial charge >= 0.3 is 0 Å². The zero-order chi connectivity index (χ0) is 86.9. The molecule has 0 unspecified atom stereocenters. The van der Waals surface area contributed by atoms with Gasteiger partial charge in [-0.05, 0) is 185 Å². The van der Waals surface area contributed by atoms with Gasteiger partial charge in [0.25, 0.3) is 29.5 Å². The van der Waals surface area contributed by atoms with Gasteiger partial charge in [-0.3, -0.25) is 44.4 Å². The maximum atomic E-state index is 15.3. The van der Waals surface area contributed by atoms with Crippen LogP contribution in [0.2, 0.25) is 0 Å². The Bertz CT molecular complexity index is 6660. The third-order valence-corrected chi connectivity index (χ3v) is 22.3. The molecule has 0 spiro atoms. The van der Waals surface area contributed by atoms with E-state index in [-0.39, 0.29) is 64.5 Å². The number of aromatic nitrogens is 8. The third kappa shape index (κ3) is 19.3. The molecule has 125 heavy (non-hydrogen) atoms. The van der Waals surface area contributed by atoms with Crippen molar-refractivity contribution in [3.8, 4) is 61.8 Å². The lowest BCUT2D eigenvalue weighted by Crippen LogP contribution is -2.26. The number of carbonyl (C=O) groups excluding carboxylic acids is 5. The summed E-state index contributed by atoms with van der Waals surface area (Å²) in [5.74, 6) is -2.13. The minimum atomic E-state index is -0.735. The van der Waals surface area contributed by atoms with E-state index in [4.69, 9.17) is 14.2 Å². The Kier molecular flexibility index (Phi) is 24.8. The predicted molar refractivity (Wildman–Crippen MR) is 474 cm³/mol. The second-order valence-electron chi connectivity index (χ2n) is 31.5. The van der Waals surface area contributed by atoms with E-state index in [0.29, 0.717) is 53.6 Å². The molecule has 21 nitrogen and oxygen atoms in total. The zero-order valence-electron chi connectivity index (χ0n) is 69.5. The number of methoxy groups -OCH3 is 1. The minimum absolute atomic E-state index is 0.0223. The Morgan fingerprint density at radius 1 is 0.376 bits per heavy atom. The molecule has 4 aromatic heterocycles. The number of nitrogens with one attached hydrogen (secondary N) is 5. The lowest BCUT2D eigenvalue weighted by atomic mass is 9.94. The first kappa shape index (κ1) is 83.6. The molecule has 630 valence electrons. The highest BCUT2D eigenvalue weighted by molar-refractivity contribution is 6.00. The molecule has 5 amide bonds. The van der Waals surface area contributed by atoms with Gasteiger partial charge in [-0.15, -0.1) is 0 Å². The van der Waals surface area contributed by atoms with Crippen LogP contribution in [0.5, 0.6) is 17.2 Å². The fourth-order valence-corrected chi connectivity index (χ4v) is 15.3. The molecular formula is C100H89F4N13O8. The number of benzene rings is 12. The standard InChI is InChI=1S/C25H22F2N4O3.C25H21F2N3O2.C25H23N3O2.C25H23N3O/c1-28-24(32)18-9-14(7-8-19(18)26)22-20(27)10-17(11-21(22)34-3)25(33)31(2)13-16-6-4-5-15-12-29-30-23(15)16;1-30(14-17-4-2-3-16-13-28-29-24(16)17)25(31)15-5-8-22(23(11-15)32-21-6-7-21)18-9-19(26)12-20(27)10-18;1-28(16-20-9-5-8-19-15-26-27-24(19)20)25(29)18-10-13-22(17-6-3-2-4-7-17)23(14-18)30-21-11-12-21;1-28(16-21-9-5-8-20-15-26-27-24(20)21)25(29)19-12-13-22(17-6-3-2-4-7-17)23(14-19)18-10-11-18/h4-12H,13H2,1-3H3,(H,28,32)(H,29,30);2-5,8-13,21H,6-7,14H2,1H3,(H,28,29);2-10,13-15,21H,11-12,16H2,1H3,(H,26,27);2-9,12-15,18H,10-11,16H2,1H3,(H,26,27). The third-order valence-electron chi connectivity index (χ3n) is 22.3. The number of carbonyl (C=O) groups is 5. The molecular weight excluding hydrogens is 1590 g/mol. The molecule has 5 N–H and O–H groups in total. The molecule has 16 aromatic rings. The van der Waals surface area contributed by atoms with Crippen molar-refractivity contribution < 1.29 is 55.7 Å². The first-order chi connectivity index (χ1) is 60.7. The average Bonchev–Trinajstić information content (AvgIpc) is 1.74. The Balaban J connectivity index is 0.000000123. The number of rotatable bonds is 23. The smallest absolute Gasteiger partial charge is 0.254 e. The average molecular weight is 1680 g/mol. The van der Waals surface area contributed by atoms with Crippen LogP contribution < -0.4 is 19.5 Å². The van der Waals surface area contributed by atoms with E-state index in [0.717, 1.165) is 132 Å². The van der Waals surface area contributed by atoms with Crippen molar-refractivity contribution in [3.63, 3.8) is 0 Å². The summed E-state index contributed by atoms with van der Waals surface area (Å²) in [5.41, 5.74) is 16.3. The highest BCUT2D eigenvalue weighted by Gasteiger charge is 2.31. The van der Waals surface area contributed by atoms with Crippen molar-refractivity contribution in [2.24, 2.45) is 0 Å². The molecule has 3 aliphatic carbocycles. The quantitative estimate of drug-likeness (QED) is 0.0375. The molecule has 25 heteroatoms. The summed E-state index contributed by atoms with van der Waals surface area (Å²) in [6.07, 6.45) is 13.8. The number of aromatic amines is 4. The fraction of sp³-hybridized carbons (Fsp3) is 0.190. The van der Waals surface area contributed by atoms with E-state index in [1.54, 1.807) is 65.6 Å². The molecule has 3 fully saturated rings. The number of hydrogen-bond acceptors (Lipinski definition) is 12. The van der Waals surface area contributed by atoms with Gasteiger partial charge in [-0.25, -0.2) is 17.6 Å². The monoisotopic (exact) mass is 1680 g/mol. The van der Waals surface area contributed by atoms with Crippen molar-refractivity contribution in [1.29, 1.82) is 0 Å². The zero-order valence-corrected chi connectivity index (χ0v) is 69.5. The largest absolute Gasteiger partial charge is 0.496 e. The van der Waals surface area contributed by atoms with Gasteiger partial charge in [-0.2, -0.15) is 20.4 Å². The molecule has 3 aliphatic rings. The molecule has 3 saturated carbocycles. The number of ether oxygens (including phenoxy) is 3. The van der Waals surface area contributed by atoms with Gasteiger partial charge < -0.3 is 39.1 Å². The van der Waals surface area contributed by atoms with Crippen LogP contribution in [0.15, 0.2) is 261 Å². The maximum Gasteiger partial charge on any atom is 0.254 e. The van der Waals surface area contributed by atoms with E-state index < -0.39 is 35.1 Å². The molecule has 0 saturated heterocycles. The summed E-state index contributed by atoms with van der Waals surface area (Å²) in [6, 6.07) is 70.7. The number of H-pyrrole nitrogens is 4. The highest BCUT2D eigenvalue weighted by atomic mass is 19.1. The summed E-state index contributed by atoms with van der Waals surface area (Å²) >= 11 is 0. The first-order valence-corrected chi connectivity index (χ1v) is 41.1. The van der Waals surface area contributed by atoms with Crippen molar-refractivity contribution >= 4 is 73.1 Å². The second kappa shape index (κ2) is 37.1. The van der Waals surface area contributed by atoms with Gasteiger partial charge in [0, 0.05) is 122 Å². The molecule has 19 rings (SSSR count). The number of nitrogens with zero attached hydrogens (tertiary/aromatic N) is 8. The second-order valence-corrected chi connectivity index (χ2v) is 31.5. The van der Waals surface area contributed by atoms with Gasteiger partial charge in [0.1, 0.15) is 40.5 Å². The number of halogens is 4. The van der Waals surface area contributed by atoms with Gasteiger partial charge in [0.05, 0.1) is 77.3 Å². The van der Waals surface area contributed by atoms with Crippen LogP contribution in [0.3, 0.4) is 0 Å². The normalized spacial score (nSPS) is 12.7. The maximum absolute atomic E-state index is 15.3. The van der Waals surface area contributed by atoms with E-state index in [1.165, 1.54) is 78.9 Å². The van der Waals surface area contributed by atoms with E-state index >= 15 is 4.39 Å². The Labute approximate surface area is 718 Å². The minimum Gasteiger partial charge on any atom is -0.496 e. The number of fused-ring (bicyclic) bond motifs is 4. The van der Waals surface area contributed by atoms with Crippen molar-refractivity contribution in [1.82, 2.24) is 65.7 Å². The predicted octanol–water partition coefficient (Wildman–Crippen LogP) is 19.9. The van der Waals surface area contributed by atoms with Crippen molar-refractivity contribution in [2.45, 2.75) is 82.8 Å². The van der Waals surface area contributed by atoms with Gasteiger partial charge in [0.15, 0.2) is 0 Å². The van der Waals surface area contributed by atoms with Crippen LogP contribution in [-0.4, -0.2) is 144 Å². The molecule has 0 atom stereocenters. The van der Waals surface area contributed by atoms with Crippen LogP contribution in [-0.2, 0) is 26.2 Å². The summed E-state index contributed by atoms with van der Waals surface area (Å²) < 4.78 is 74.4. The van der Waals surface area contributed by atoms with Crippen LogP contribution in [0, 0.1) is 23.3 Å². The van der Waals surface area contributed by atoms with Crippen molar-refractivity contribution in [2.75, 3.05) is 42.3 Å². The number of amides is 5. The van der Waals surface area contributed by atoms with Crippen molar-refractivity contribution in [3.05, 3.63) is 340 Å². The van der Waals surface area contributed by atoms with E-state index in [9.17, 15) is 37.1 Å². The Morgan fingerprint density at radius 2 is 0.760 bits per heavy atom. The van der Waals surface area contributed by atoms with Crippen LogP contribution in [0.4, 0.5) is 17.6 Å². The summed E-state index contributed by atoms with van der Waals surface area (Å²) in [6.45, 7) is 1.71. The number of hydrogen-bond donors (Lipinski definition) is 5.